The molecule has 1 N–H and O–H groups in total. The Morgan fingerprint density at radius 3 is 3.13 bits per heavy atom. The molecule has 0 saturated carbocycles. The van der Waals surface area contributed by atoms with E-state index in [0.717, 1.165) is 13.1 Å². The van der Waals surface area contributed by atoms with Crippen LogP contribution in [0.15, 0.2) is 11.7 Å². The number of hydrogen-bond acceptors (Lipinski definition) is 4. The van der Waals surface area contributed by atoms with Crippen molar-refractivity contribution < 1.29 is 0 Å². The van der Waals surface area contributed by atoms with Crippen molar-refractivity contribution >= 4 is 23.7 Å². The van der Waals surface area contributed by atoms with Crippen molar-refractivity contribution in [1.82, 2.24) is 15.2 Å². The van der Waals surface area contributed by atoms with Crippen LogP contribution in [0.5, 0.6) is 0 Å². The Bertz CT molecular complexity index is 260. The van der Waals surface area contributed by atoms with Crippen LogP contribution >= 0.6 is 23.7 Å². The zero-order valence-corrected chi connectivity index (χ0v) is 10.6. The molecule has 3 nitrogen and oxygen atoms in total. The van der Waals surface area contributed by atoms with Gasteiger partial charge >= 0.3 is 0 Å². The molecule has 1 saturated heterocycles. The van der Waals surface area contributed by atoms with Crippen molar-refractivity contribution in [3.63, 3.8) is 0 Å². The standard InChI is InChI=1S/C10H17N3S.ClH/c1-13(7-10-6-12-8-14-10)9-3-2-4-11-5-9;/h6,8-9,11H,2-5,7H2,1H3;1H. The Balaban J connectivity index is 0.00000112. The summed E-state index contributed by atoms with van der Waals surface area (Å²) in [6.45, 7) is 3.36. The van der Waals surface area contributed by atoms with Crippen molar-refractivity contribution in [3.8, 4) is 0 Å². The van der Waals surface area contributed by atoms with E-state index in [9.17, 15) is 0 Å². The molecule has 1 fully saturated rings. The summed E-state index contributed by atoms with van der Waals surface area (Å²) in [4.78, 5) is 7.89. The minimum absolute atomic E-state index is 0. The monoisotopic (exact) mass is 247 g/mol. The summed E-state index contributed by atoms with van der Waals surface area (Å²) in [5, 5.41) is 3.44. The van der Waals surface area contributed by atoms with Crippen LogP contribution in [0.25, 0.3) is 0 Å². The highest BCUT2D eigenvalue weighted by Gasteiger charge is 2.17. The molecule has 5 heteroatoms. The number of thiazole rings is 1. The molecule has 0 aromatic carbocycles. The van der Waals surface area contributed by atoms with Gasteiger partial charge < -0.3 is 5.32 Å². The second-order valence-corrected chi connectivity index (χ2v) is 4.85. The molecule has 0 amide bonds. The van der Waals surface area contributed by atoms with E-state index < -0.39 is 0 Å². The first-order valence-corrected chi connectivity index (χ1v) is 6.02. The molecule has 15 heavy (non-hydrogen) atoms. The molecule has 1 aliphatic rings. The third-order valence-electron chi connectivity index (χ3n) is 2.78. The number of nitrogens with zero attached hydrogens (tertiary/aromatic N) is 2. The second kappa shape index (κ2) is 6.43. The zero-order valence-electron chi connectivity index (χ0n) is 8.98. The summed E-state index contributed by atoms with van der Waals surface area (Å²) >= 11 is 1.74. The number of piperidine rings is 1. The maximum absolute atomic E-state index is 4.10. The molecule has 0 radical (unpaired) electrons. The molecule has 0 bridgehead atoms. The average molecular weight is 248 g/mol. The number of hydrogen-bond donors (Lipinski definition) is 1. The van der Waals surface area contributed by atoms with E-state index in [-0.39, 0.29) is 12.4 Å². The van der Waals surface area contributed by atoms with Crippen LogP contribution in [0.4, 0.5) is 0 Å². The smallest absolute Gasteiger partial charge is 0.0794 e. The van der Waals surface area contributed by atoms with E-state index in [0.29, 0.717) is 6.04 Å². The topological polar surface area (TPSA) is 28.2 Å². The first-order chi connectivity index (χ1) is 6.86. The van der Waals surface area contributed by atoms with Crippen LogP contribution < -0.4 is 5.32 Å². The first kappa shape index (κ1) is 12.9. The molecule has 1 unspecified atom stereocenters. The highest BCUT2D eigenvalue weighted by molar-refractivity contribution is 7.09. The van der Waals surface area contributed by atoms with Gasteiger partial charge in [0.15, 0.2) is 0 Å². The lowest BCUT2D eigenvalue weighted by Crippen LogP contribution is -2.43. The second-order valence-electron chi connectivity index (χ2n) is 3.88. The molecule has 2 rings (SSSR count). The van der Waals surface area contributed by atoms with Crippen molar-refractivity contribution in [2.24, 2.45) is 0 Å². The third kappa shape index (κ3) is 3.72. The summed E-state index contributed by atoms with van der Waals surface area (Å²) in [7, 11) is 2.21. The lowest BCUT2D eigenvalue weighted by atomic mass is 10.1. The fourth-order valence-corrected chi connectivity index (χ4v) is 2.56. The summed E-state index contributed by atoms with van der Waals surface area (Å²) < 4.78 is 0. The number of rotatable bonds is 3. The lowest BCUT2D eigenvalue weighted by Gasteiger charge is -2.31. The van der Waals surface area contributed by atoms with Gasteiger partial charge in [-0.15, -0.1) is 23.7 Å². The summed E-state index contributed by atoms with van der Waals surface area (Å²) in [6, 6.07) is 0.700. The molecule has 1 aromatic rings. The first-order valence-electron chi connectivity index (χ1n) is 5.14. The Labute approximate surface area is 101 Å². The number of nitrogens with one attached hydrogen (secondary N) is 1. The molecule has 1 aliphatic heterocycles. The highest BCUT2D eigenvalue weighted by Crippen LogP contribution is 2.14. The molecule has 1 aromatic heterocycles. The van der Waals surface area contributed by atoms with E-state index in [2.05, 4.69) is 22.2 Å². The molecule has 2 heterocycles. The van der Waals surface area contributed by atoms with Crippen molar-refractivity contribution in [2.45, 2.75) is 25.4 Å². The van der Waals surface area contributed by atoms with Crippen LogP contribution in [0.3, 0.4) is 0 Å². The lowest BCUT2D eigenvalue weighted by molar-refractivity contribution is 0.197. The van der Waals surface area contributed by atoms with E-state index in [1.807, 2.05) is 11.7 Å². The van der Waals surface area contributed by atoms with Gasteiger partial charge in [-0.25, -0.2) is 0 Å². The number of likely N-dealkylation sites (N-methyl/N-ethyl adjacent to an activating group) is 1. The Hall–Kier alpha value is -0.160. The normalized spacial score (nSPS) is 21.3. The predicted molar refractivity (Wildman–Crippen MR) is 66.7 cm³/mol. The van der Waals surface area contributed by atoms with Gasteiger partial charge in [-0.3, -0.25) is 9.88 Å². The number of aromatic nitrogens is 1. The van der Waals surface area contributed by atoms with E-state index in [4.69, 9.17) is 0 Å². The maximum Gasteiger partial charge on any atom is 0.0794 e. The quantitative estimate of drug-likeness (QED) is 0.882. The largest absolute Gasteiger partial charge is 0.315 e. The molecule has 1 atom stereocenters. The minimum atomic E-state index is 0. The van der Waals surface area contributed by atoms with Crippen LogP contribution in [0.1, 0.15) is 17.7 Å². The Kier molecular flexibility index (Phi) is 5.53. The third-order valence-corrected chi connectivity index (χ3v) is 3.55. The van der Waals surface area contributed by atoms with Crippen molar-refractivity contribution in [3.05, 3.63) is 16.6 Å². The SMILES string of the molecule is CN(Cc1cncs1)C1CCCNC1.Cl. The van der Waals surface area contributed by atoms with Gasteiger partial charge in [0.25, 0.3) is 0 Å². The van der Waals surface area contributed by atoms with Crippen LogP contribution in [0.2, 0.25) is 0 Å². The molecular formula is C10H18ClN3S. The van der Waals surface area contributed by atoms with Crippen molar-refractivity contribution in [1.29, 1.82) is 0 Å². The van der Waals surface area contributed by atoms with Gasteiger partial charge in [0.2, 0.25) is 0 Å². The molecule has 0 spiro atoms. The van der Waals surface area contributed by atoms with Crippen LogP contribution in [-0.4, -0.2) is 36.1 Å². The van der Waals surface area contributed by atoms with Crippen LogP contribution in [0, 0.1) is 0 Å². The van der Waals surface area contributed by atoms with Gasteiger partial charge in [0.1, 0.15) is 0 Å². The Morgan fingerprint density at radius 1 is 1.67 bits per heavy atom. The molecule has 0 aliphatic carbocycles. The summed E-state index contributed by atoms with van der Waals surface area (Å²) in [5.74, 6) is 0. The summed E-state index contributed by atoms with van der Waals surface area (Å²) in [6.07, 6.45) is 4.59. The van der Waals surface area contributed by atoms with E-state index >= 15 is 0 Å². The van der Waals surface area contributed by atoms with E-state index in [1.165, 1.54) is 24.3 Å². The van der Waals surface area contributed by atoms with Gasteiger partial charge in [-0.05, 0) is 26.4 Å². The maximum atomic E-state index is 4.10. The van der Waals surface area contributed by atoms with Gasteiger partial charge in [0.05, 0.1) is 5.51 Å². The fraction of sp³-hybridized carbons (Fsp3) is 0.700. The summed E-state index contributed by atoms with van der Waals surface area (Å²) in [5.41, 5.74) is 1.91. The van der Waals surface area contributed by atoms with Gasteiger partial charge in [-0.2, -0.15) is 0 Å². The highest BCUT2D eigenvalue weighted by atomic mass is 35.5. The average Bonchev–Trinajstić information content (AvgIpc) is 2.72. The Morgan fingerprint density at radius 2 is 2.53 bits per heavy atom. The molecule has 86 valence electrons. The fourth-order valence-electron chi connectivity index (χ4n) is 1.90. The van der Waals surface area contributed by atoms with Crippen LogP contribution in [-0.2, 0) is 6.54 Å². The van der Waals surface area contributed by atoms with Crippen molar-refractivity contribution in [2.75, 3.05) is 20.1 Å². The van der Waals surface area contributed by atoms with Gasteiger partial charge in [0, 0.05) is 30.2 Å². The number of halogens is 1. The molecular weight excluding hydrogens is 230 g/mol. The van der Waals surface area contributed by atoms with E-state index in [1.54, 1.807) is 11.3 Å². The minimum Gasteiger partial charge on any atom is -0.315 e. The van der Waals surface area contributed by atoms with Gasteiger partial charge in [-0.1, -0.05) is 0 Å². The predicted octanol–water partition coefficient (Wildman–Crippen LogP) is 1.75. The zero-order chi connectivity index (χ0) is 9.80.